The molecule has 1 aromatic carbocycles. The lowest BCUT2D eigenvalue weighted by Gasteiger charge is -2.15. The molecule has 98 valence electrons. The molecule has 1 aliphatic rings. The molecule has 0 saturated heterocycles. The standard InChI is InChI=1S/C14H16ClFO2/c1-2-18-14(9-3-4-9)13(17)7-10-5-6-11(16)8-12(10)15/h5-6,8-9,14H,2-4,7H2,1H3. The average Bonchev–Trinajstić information content (AvgIpc) is 3.13. The molecule has 1 aromatic rings. The number of Topliss-reactive ketones (excluding diaryl/α,β-unsaturated/α-hetero) is 1. The predicted octanol–water partition coefficient (Wildman–Crippen LogP) is 3.41. The van der Waals surface area contributed by atoms with Gasteiger partial charge in [-0.15, -0.1) is 0 Å². The summed E-state index contributed by atoms with van der Waals surface area (Å²) < 4.78 is 18.4. The van der Waals surface area contributed by atoms with Gasteiger partial charge in [0.2, 0.25) is 0 Å². The van der Waals surface area contributed by atoms with Crippen molar-refractivity contribution in [2.24, 2.45) is 5.92 Å². The zero-order chi connectivity index (χ0) is 13.1. The molecule has 1 fully saturated rings. The smallest absolute Gasteiger partial charge is 0.166 e. The van der Waals surface area contributed by atoms with E-state index in [4.69, 9.17) is 16.3 Å². The van der Waals surface area contributed by atoms with E-state index in [0.717, 1.165) is 12.8 Å². The summed E-state index contributed by atoms with van der Waals surface area (Å²) in [7, 11) is 0. The molecule has 0 spiro atoms. The van der Waals surface area contributed by atoms with Gasteiger partial charge in [0.15, 0.2) is 5.78 Å². The van der Waals surface area contributed by atoms with Gasteiger partial charge >= 0.3 is 0 Å². The van der Waals surface area contributed by atoms with Crippen LogP contribution in [0.1, 0.15) is 25.3 Å². The summed E-state index contributed by atoms with van der Waals surface area (Å²) in [5.74, 6) is 0.00396. The average molecular weight is 271 g/mol. The van der Waals surface area contributed by atoms with Gasteiger partial charge < -0.3 is 4.74 Å². The van der Waals surface area contributed by atoms with Gasteiger partial charge in [0, 0.05) is 18.1 Å². The summed E-state index contributed by atoms with van der Waals surface area (Å²) in [6.45, 7) is 2.41. The van der Waals surface area contributed by atoms with Crippen molar-refractivity contribution in [1.82, 2.24) is 0 Å². The van der Waals surface area contributed by atoms with Gasteiger partial charge in [-0.1, -0.05) is 17.7 Å². The third-order valence-electron chi connectivity index (χ3n) is 3.09. The van der Waals surface area contributed by atoms with Crippen LogP contribution in [0.15, 0.2) is 18.2 Å². The first-order valence-corrected chi connectivity index (χ1v) is 6.58. The van der Waals surface area contributed by atoms with Crippen LogP contribution in [0.2, 0.25) is 5.02 Å². The van der Waals surface area contributed by atoms with E-state index in [-0.39, 0.29) is 24.1 Å². The molecule has 18 heavy (non-hydrogen) atoms. The minimum atomic E-state index is -0.389. The van der Waals surface area contributed by atoms with Crippen molar-refractivity contribution < 1.29 is 13.9 Å². The summed E-state index contributed by atoms with van der Waals surface area (Å²) in [6, 6.07) is 4.11. The van der Waals surface area contributed by atoms with Crippen LogP contribution in [-0.4, -0.2) is 18.5 Å². The second-order valence-corrected chi connectivity index (χ2v) is 5.00. The molecule has 0 radical (unpaired) electrons. The van der Waals surface area contributed by atoms with Gasteiger partial charge in [-0.25, -0.2) is 4.39 Å². The Hall–Kier alpha value is -0.930. The van der Waals surface area contributed by atoms with Gasteiger partial charge in [0.25, 0.3) is 0 Å². The maximum Gasteiger partial charge on any atom is 0.166 e. The van der Waals surface area contributed by atoms with Gasteiger partial charge in [0.1, 0.15) is 11.9 Å². The first-order valence-electron chi connectivity index (χ1n) is 6.20. The molecular weight excluding hydrogens is 255 g/mol. The Kier molecular flexibility index (Phi) is 4.36. The predicted molar refractivity (Wildman–Crippen MR) is 68.3 cm³/mol. The van der Waals surface area contributed by atoms with Crippen molar-refractivity contribution in [3.05, 3.63) is 34.6 Å². The summed E-state index contributed by atoms with van der Waals surface area (Å²) in [6.07, 6.45) is 1.98. The van der Waals surface area contributed by atoms with Crippen molar-refractivity contribution in [3.63, 3.8) is 0 Å². The summed E-state index contributed by atoms with van der Waals surface area (Å²) in [5, 5.41) is 0.300. The topological polar surface area (TPSA) is 26.3 Å². The SMILES string of the molecule is CCOC(C(=O)Cc1ccc(F)cc1Cl)C1CC1. The fourth-order valence-corrected chi connectivity index (χ4v) is 2.26. The van der Waals surface area contributed by atoms with Crippen LogP contribution >= 0.6 is 11.6 Å². The summed E-state index contributed by atoms with van der Waals surface area (Å²) in [4.78, 5) is 12.1. The van der Waals surface area contributed by atoms with Gasteiger partial charge in [-0.05, 0) is 43.4 Å². The van der Waals surface area contributed by atoms with E-state index in [9.17, 15) is 9.18 Å². The highest BCUT2D eigenvalue weighted by atomic mass is 35.5. The number of hydrogen-bond donors (Lipinski definition) is 0. The number of carbonyl (C=O) groups excluding carboxylic acids is 1. The van der Waals surface area contributed by atoms with Crippen molar-refractivity contribution in [2.75, 3.05) is 6.61 Å². The summed E-state index contributed by atoms with van der Waals surface area (Å²) >= 11 is 5.92. The van der Waals surface area contributed by atoms with E-state index in [1.54, 1.807) is 6.07 Å². The first kappa shape index (κ1) is 13.5. The van der Waals surface area contributed by atoms with Crippen LogP contribution in [0.3, 0.4) is 0 Å². The third-order valence-corrected chi connectivity index (χ3v) is 3.45. The van der Waals surface area contributed by atoms with Crippen LogP contribution < -0.4 is 0 Å². The Bertz CT molecular complexity index is 443. The second-order valence-electron chi connectivity index (χ2n) is 4.59. The molecule has 0 heterocycles. The maximum absolute atomic E-state index is 12.9. The number of ether oxygens (including phenoxy) is 1. The van der Waals surface area contributed by atoms with Gasteiger partial charge in [-0.3, -0.25) is 4.79 Å². The number of ketones is 1. The van der Waals surface area contributed by atoms with Crippen LogP contribution in [0.5, 0.6) is 0 Å². The Labute approximate surface area is 111 Å². The molecule has 0 bridgehead atoms. The van der Waals surface area contributed by atoms with E-state index in [0.29, 0.717) is 23.1 Å². The van der Waals surface area contributed by atoms with Gasteiger partial charge in [-0.2, -0.15) is 0 Å². The van der Waals surface area contributed by atoms with Crippen molar-refractivity contribution in [3.8, 4) is 0 Å². The zero-order valence-electron chi connectivity index (χ0n) is 10.3. The van der Waals surface area contributed by atoms with Crippen molar-refractivity contribution in [1.29, 1.82) is 0 Å². The molecule has 1 unspecified atom stereocenters. The number of hydrogen-bond acceptors (Lipinski definition) is 2. The number of benzene rings is 1. The lowest BCUT2D eigenvalue weighted by Crippen LogP contribution is -2.28. The first-order chi connectivity index (χ1) is 8.61. The van der Waals surface area contributed by atoms with Crippen LogP contribution in [0, 0.1) is 11.7 Å². The molecule has 0 amide bonds. The minimum Gasteiger partial charge on any atom is -0.370 e. The molecule has 1 saturated carbocycles. The number of carbonyl (C=O) groups is 1. The zero-order valence-corrected chi connectivity index (χ0v) is 11.0. The fraction of sp³-hybridized carbons (Fsp3) is 0.500. The van der Waals surface area contributed by atoms with Crippen LogP contribution in [-0.2, 0) is 16.0 Å². The minimum absolute atomic E-state index is 0.0351. The highest BCUT2D eigenvalue weighted by Crippen LogP contribution is 2.35. The Balaban J connectivity index is 2.05. The van der Waals surface area contributed by atoms with Crippen molar-refractivity contribution >= 4 is 17.4 Å². The quantitative estimate of drug-likeness (QED) is 0.792. The lowest BCUT2D eigenvalue weighted by molar-refractivity contribution is -0.130. The molecule has 0 aliphatic heterocycles. The molecular formula is C14H16ClFO2. The monoisotopic (exact) mass is 270 g/mol. The Morgan fingerprint density at radius 3 is 2.83 bits per heavy atom. The van der Waals surface area contributed by atoms with Crippen molar-refractivity contribution in [2.45, 2.75) is 32.3 Å². The van der Waals surface area contributed by atoms with Gasteiger partial charge in [0.05, 0.1) is 0 Å². The summed E-state index contributed by atoms with van der Waals surface area (Å²) in [5.41, 5.74) is 0.661. The molecule has 1 aliphatic carbocycles. The Morgan fingerprint density at radius 2 is 2.28 bits per heavy atom. The molecule has 0 N–H and O–H groups in total. The molecule has 4 heteroatoms. The molecule has 1 atom stereocenters. The van der Waals surface area contributed by atoms with Crippen LogP contribution in [0.25, 0.3) is 0 Å². The number of halogens is 2. The second kappa shape index (κ2) is 5.81. The normalized spacial score (nSPS) is 16.6. The Morgan fingerprint density at radius 1 is 1.56 bits per heavy atom. The maximum atomic E-state index is 12.9. The highest BCUT2D eigenvalue weighted by Gasteiger charge is 2.36. The molecule has 0 aromatic heterocycles. The van der Waals surface area contributed by atoms with E-state index < -0.39 is 0 Å². The highest BCUT2D eigenvalue weighted by molar-refractivity contribution is 6.31. The van der Waals surface area contributed by atoms with E-state index in [1.807, 2.05) is 6.92 Å². The van der Waals surface area contributed by atoms with E-state index >= 15 is 0 Å². The fourth-order valence-electron chi connectivity index (χ4n) is 2.02. The lowest BCUT2D eigenvalue weighted by atomic mass is 10.0. The van der Waals surface area contributed by atoms with E-state index in [2.05, 4.69) is 0 Å². The molecule has 2 rings (SSSR count). The van der Waals surface area contributed by atoms with E-state index in [1.165, 1.54) is 12.1 Å². The largest absolute Gasteiger partial charge is 0.370 e. The number of rotatable bonds is 6. The molecule has 2 nitrogen and oxygen atoms in total. The van der Waals surface area contributed by atoms with Crippen LogP contribution in [0.4, 0.5) is 4.39 Å². The third kappa shape index (κ3) is 3.30.